The summed E-state index contributed by atoms with van der Waals surface area (Å²) >= 11 is 0. The lowest BCUT2D eigenvalue weighted by molar-refractivity contribution is 0.0790. The number of fused-ring (bicyclic) bond motifs is 1. The van der Waals surface area contributed by atoms with Crippen LogP contribution in [0.1, 0.15) is 39.2 Å². The van der Waals surface area contributed by atoms with Crippen molar-refractivity contribution in [1.82, 2.24) is 0 Å². The minimum atomic E-state index is 0.193. The molecular formula is C15H20O. The standard InChI is InChI=1S/C15H20O/c1-15(2,3)14-11-7-5-9-12-8-4-6-10-13(12)16-14/h4-6,8-10,14H,7,11H2,1-3H3/b9-5-. The van der Waals surface area contributed by atoms with E-state index in [0.717, 1.165) is 18.6 Å². The van der Waals surface area contributed by atoms with E-state index < -0.39 is 0 Å². The van der Waals surface area contributed by atoms with Gasteiger partial charge in [0.25, 0.3) is 0 Å². The van der Waals surface area contributed by atoms with E-state index in [9.17, 15) is 0 Å². The molecule has 0 aliphatic carbocycles. The van der Waals surface area contributed by atoms with E-state index in [1.165, 1.54) is 5.56 Å². The second kappa shape index (κ2) is 4.32. The third-order valence-electron chi connectivity index (χ3n) is 3.05. The van der Waals surface area contributed by atoms with E-state index in [1.54, 1.807) is 0 Å². The fourth-order valence-corrected chi connectivity index (χ4v) is 2.01. The van der Waals surface area contributed by atoms with Gasteiger partial charge < -0.3 is 4.74 Å². The molecule has 0 saturated heterocycles. The van der Waals surface area contributed by atoms with Gasteiger partial charge in [0.1, 0.15) is 11.9 Å². The Hall–Kier alpha value is -1.24. The normalized spacial score (nSPS) is 22.6. The monoisotopic (exact) mass is 216 g/mol. The van der Waals surface area contributed by atoms with E-state index in [1.807, 2.05) is 6.07 Å². The molecule has 1 unspecified atom stereocenters. The van der Waals surface area contributed by atoms with E-state index in [0.29, 0.717) is 6.10 Å². The van der Waals surface area contributed by atoms with Crippen LogP contribution >= 0.6 is 0 Å². The number of hydrogen-bond donors (Lipinski definition) is 0. The van der Waals surface area contributed by atoms with Crippen LogP contribution in [0.5, 0.6) is 5.75 Å². The molecule has 0 fully saturated rings. The van der Waals surface area contributed by atoms with E-state index in [-0.39, 0.29) is 5.41 Å². The van der Waals surface area contributed by atoms with Crippen LogP contribution in [0.2, 0.25) is 0 Å². The summed E-state index contributed by atoms with van der Waals surface area (Å²) in [7, 11) is 0. The van der Waals surface area contributed by atoms with Crippen LogP contribution in [0.25, 0.3) is 6.08 Å². The van der Waals surface area contributed by atoms with Gasteiger partial charge in [-0.2, -0.15) is 0 Å². The Bertz CT molecular complexity index is 385. The van der Waals surface area contributed by atoms with Crippen molar-refractivity contribution in [2.45, 2.75) is 39.7 Å². The molecule has 1 aromatic carbocycles. The highest BCUT2D eigenvalue weighted by atomic mass is 16.5. The summed E-state index contributed by atoms with van der Waals surface area (Å²) in [6, 6.07) is 8.26. The molecule has 0 saturated carbocycles. The summed E-state index contributed by atoms with van der Waals surface area (Å²) in [5.41, 5.74) is 1.38. The Kier molecular flexibility index (Phi) is 3.04. The SMILES string of the molecule is CC(C)(C)C1CC/C=C\c2ccccc2O1. The van der Waals surface area contributed by atoms with Crippen molar-refractivity contribution in [3.05, 3.63) is 35.9 Å². The topological polar surface area (TPSA) is 9.23 Å². The predicted octanol–water partition coefficient (Wildman–Crippen LogP) is 4.29. The highest BCUT2D eigenvalue weighted by Gasteiger charge is 2.26. The summed E-state index contributed by atoms with van der Waals surface area (Å²) in [6.07, 6.45) is 6.89. The Balaban J connectivity index is 2.31. The Morgan fingerprint density at radius 2 is 1.94 bits per heavy atom. The van der Waals surface area contributed by atoms with Crippen LogP contribution < -0.4 is 4.74 Å². The van der Waals surface area contributed by atoms with Crippen LogP contribution in [-0.2, 0) is 0 Å². The summed E-state index contributed by atoms with van der Waals surface area (Å²) in [5.74, 6) is 1.01. The largest absolute Gasteiger partial charge is 0.489 e. The molecule has 1 aliphatic rings. The third kappa shape index (κ3) is 2.46. The maximum absolute atomic E-state index is 6.15. The molecule has 1 heterocycles. The molecule has 0 amide bonds. The van der Waals surface area contributed by atoms with Crippen molar-refractivity contribution >= 4 is 6.08 Å². The molecule has 0 N–H and O–H groups in total. The minimum Gasteiger partial charge on any atom is -0.489 e. The third-order valence-corrected chi connectivity index (χ3v) is 3.05. The minimum absolute atomic E-state index is 0.193. The molecule has 1 nitrogen and oxygen atoms in total. The zero-order valence-corrected chi connectivity index (χ0v) is 10.4. The van der Waals surface area contributed by atoms with E-state index in [2.05, 4.69) is 51.1 Å². The summed E-state index contributed by atoms with van der Waals surface area (Å²) in [6.45, 7) is 6.72. The fraction of sp³-hybridized carbons (Fsp3) is 0.467. The second-order valence-electron chi connectivity index (χ2n) is 5.49. The molecule has 0 radical (unpaired) electrons. The number of para-hydroxylation sites is 1. The lowest BCUT2D eigenvalue weighted by Gasteiger charge is -2.32. The summed E-state index contributed by atoms with van der Waals surface area (Å²) < 4.78 is 6.15. The molecule has 1 atom stereocenters. The van der Waals surface area contributed by atoms with Gasteiger partial charge in [0, 0.05) is 5.56 Å². The summed E-state index contributed by atoms with van der Waals surface area (Å²) in [4.78, 5) is 0. The zero-order chi connectivity index (χ0) is 11.6. The fourth-order valence-electron chi connectivity index (χ4n) is 2.01. The van der Waals surface area contributed by atoms with E-state index >= 15 is 0 Å². The van der Waals surface area contributed by atoms with Gasteiger partial charge in [-0.25, -0.2) is 0 Å². The maximum atomic E-state index is 6.15. The van der Waals surface area contributed by atoms with Gasteiger partial charge in [-0.3, -0.25) is 0 Å². The molecule has 0 spiro atoms. The van der Waals surface area contributed by atoms with Crippen LogP contribution in [0.4, 0.5) is 0 Å². The van der Waals surface area contributed by atoms with Gasteiger partial charge in [0.05, 0.1) is 0 Å². The van der Waals surface area contributed by atoms with Gasteiger partial charge in [-0.05, 0) is 24.3 Å². The maximum Gasteiger partial charge on any atom is 0.126 e. The molecule has 2 rings (SSSR count). The number of allylic oxidation sites excluding steroid dienone is 1. The van der Waals surface area contributed by atoms with Crippen LogP contribution in [-0.4, -0.2) is 6.10 Å². The van der Waals surface area contributed by atoms with Gasteiger partial charge in [0.2, 0.25) is 0 Å². The average Bonchev–Trinajstić information content (AvgIpc) is 2.17. The quantitative estimate of drug-likeness (QED) is 0.628. The van der Waals surface area contributed by atoms with Crippen LogP contribution in [0.3, 0.4) is 0 Å². The van der Waals surface area contributed by atoms with Gasteiger partial charge in [-0.15, -0.1) is 0 Å². The molecule has 1 heteroatoms. The summed E-state index contributed by atoms with van der Waals surface area (Å²) in [5, 5.41) is 0. The number of ether oxygens (including phenoxy) is 1. The van der Waals surface area contributed by atoms with Gasteiger partial charge >= 0.3 is 0 Å². The van der Waals surface area contributed by atoms with Crippen molar-refractivity contribution in [2.75, 3.05) is 0 Å². The first-order valence-electron chi connectivity index (χ1n) is 5.99. The molecule has 86 valence electrons. The van der Waals surface area contributed by atoms with Crippen molar-refractivity contribution in [2.24, 2.45) is 5.41 Å². The zero-order valence-electron chi connectivity index (χ0n) is 10.4. The molecule has 0 aromatic heterocycles. The van der Waals surface area contributed by atoms with Crippen molar-refractivity contribution in [1.29, 1.82) is 0 Å². The smallest absolute Gasteiger partial charge is 0.126 e. The highest BCUT2D eigenvalue weighted by molar-refractivity contribution is 5.57. The Labute approximate surface area is 98.1 Å². The predicted molar refractivity (Wildman–Crippen MR) is 68.6 cm³/mol. The first-order valence-corrected chi connectivity index (χ1v) is 5.99. The first kappa shape index (κ1) is 11.3. The first-order chi connectivity index (χ1) is 7.57. The van der Waals surface area contributed by atoms with Crippen LogP contribution in [0.15, 0.2) is 30.3 Å². The molecule has 16 heavy (non-hydrogen) atoms. The van der Waals surface area contributed by atoms with Crippen LogP contribution in [0, 0.1) is 5.41 Å². The number of benzene rings is 1. The van der Waals surface area contributed by atoms with Crippen molar-refractivity contribution in [3.63, 3.8) is 0 Å². The Morgan fingerprint density at radius 3 is 2.69 bits per heavy atom. The number of rotatable bonds is 0. The lowest BCUT2D eigenvalue weighted by Crippen LogP contribution is -2.32. The van der Waals surface area contributed by atoms with Gasteiger partial charge in [0.15, 0.2) is 0 Å². The second-order valence-corrected chi connectivity index (χ2v) is 5.49. The van der Waals surface area contributed by atoms with Crippen molar-refractivity contribution < 1.29 is 4.74 Å². The molecule has 1 aromatic rings. The van der Waals surface area contributed by atoms with E-state index in [4.69, 9.17) is 4.74 Å². The Morgan fingerprint density at radius 1 is 1.19 bits per heavy atom. The number of hydrogen-bond acceptors (Lipinski definition) is 1. The van der Waals surface area contributed by atoms with Crippen molar-refractivity contribution in [3.8, 4) is 5.75 Å². The highest BCUT2D eigenvalue weighted by Crippen LogP contribution is 2.32. The molecule has 0 bridgehead atoms. The molecular weight excluding hydrogens is 196 g/mol. The average molecular weight is 216 g/mol. The lowest BCUT2D eigenvalue weighted by atomic mass is 9.85. The molecule has 1 aliphatic heterocycles. The van der Waals surface area contributed by atoms with Gasteiger partial charge in [-0.1, -0.05) is 51.1 Å².